The third kappa shape index (κ3) is 3.47. The third-order valence-electron chi connectivity index (χ3n) is 4.87. The van der Waals surface area contributed by atoms with Gasteiger partial charge in [-0.15, -0.1) is 0 Å². The van der Waals surface area contributed by atoms with Crippen molar-refractivity contribution in [2.24, 2.45) is 0 Å². The number of likely N-dealkylation sites (tertiary alicyclic amines) is 1. The molecule has 0 aliphatic carbocycles. The van der Waals surface area contributed by atoms with Gasteiger partial charge in [0.05, 0.1) is 25.4 Å². The molecule has 0 spiro atoms. The van der Waals surface area contributed by atoms with Crippen LogP contribution in [-0.4, -0.2) is 45.9 Å². The Morgan fingerprint density at radius 2 is 2.22 bits per heavy atom. The van der Waals surface area contributed by atoms with Gasteiger partial charge in [0, 0.05) is 24.8 Å². The van der Waals surface area contributed by atoms with E-state index in [4.69, 9.17) is 9.15 Å². The fraction of sp³-hybridized carbons (Fsp3) is 0.421. The first-order chi connectivity index (χ1) is 13.0. The lowest BCUT2D eigenvalue weighted by molar-refractivity contribution is 0.205. The molecule has 1 aliphatic rings. The van der Waals surface area contributed by atoms with Crippen molar-refractivity contribution in [1.29, 1.82) is 0 Å². The number of nitrogens with one attached hydrogen (secondary N) is 1. The molecule has 1 aromatic carbocycles. The molecule has 0 saturated carbocycles. The summed E-state index contributed by atoms with van der Waals surface area (Å²) < 4.78 is 12.9. The maximum atomic E-state index is 12.5. The number of ether oxygens (including phenoxy) is 1. The fourth-order valence-electron chi connectivity index (χ4n) is 3.56. The molecule has 1 unspecified atom stereocenters. The van der Waals surface area contributed by atoms with E-state index in [-0.39, 0.29) is 18.6 Å². The third-order valence-corrected chi connectivity index (χ3v) is 4.87. The molecule has 142 valence electrons. The van der Waals surface area contributed by atoms with Crippen LogP contribution >= 0.6 is 0 Å². The Labute approximate surface area is 157 Å². The average molecular weight is 369 g/mol. The van der Waals surface area contributed by atoms with Gasteiger partial charge in [-0.25, -0.2) is 9.78 Å². The lowest BCUT2D eigenvalue weighted by Gasteiger charge is -2.17. The van der Waals surface area contributed by atoms with E-state index in [1.54, 1.807) is 7.11 Å². The maximum absolute atomic E-state index is 12.5. The zero-order chi connectivity index (χ0) is 19.0. The second-order valence-corrected chi connectivity index (χ2v) is 6.86. The molecule has 2 amide bonds. The van der Waals surface area contributed by atoms with Gasteiger partial charge in [0.15, 0.2) is 5.58 Å². The molecule has 1 atom stereocenters. The summed E-state index contributed by atoms with van der Waals surface area (Å²) in [6.07, 6.45) is 0.901. The van der Waals surface area contributed by atoms with E-state index < -0.39 is 0 Å². The molecule has 1 aliphatic heterocycles. The first-order valence-electron chi connectivity index (χ1n) is 9.02. The number of aryl methyl sites for hydroxylation is 2. The van der Waals surface area contributed by atoms with Gasteiger partial charge < -0.3 is 19.4 Å². The summed E-state index contributed by atoms with van der Waals surface area (Å²) in [5.41, 5.74) is 3.51. The van der Waals surface area contributed by atoms with Gasteiger partial charge in [0.25, 0.3) is 0 Å². The minimum atomic E-state index is -0.112. The van der Waals surface area contributed by atoms with Crippen LogP contribution in [0.4, 0.5) is 4.79 Å². The molecule has 0 radical (unpaired) electrons. The first kappa shape index (κ1) is 17.4. The number of amides is 2. The summed E-state index contributed by atoms with van der Waals surface area (Å²) in [5, 5.41) is 7.43. The topological polar surface area (TPSA) is 85.4 Å². The highest BCUT2D eigenvalue weighted by atomic mass is 16.5. The Morgan fingerprint density at radius 3 is 2.96 bits per heavy atom. The Hall–Kier alpha value is -3.03. The van der Waals surface area contributed by atoms with Crippen LogP contribution in [0.5, 0.6) is 5.75 Å². The number of fused-ring (bicyclic) bond motifs is 1. The van der Waals surface area contributed by atoms with E-state index in [0.29, 0.717) is 30.1 Å². The Morgan fingerprint density at radius 1 is 1.37 bits per heavy atom. The highest BCUT2D eigenvalue weighted by Crippen LogP contribution is 2.24. The van der Waals surface area contributed by atoms with E-state index in [0.717, 1.165) is 23.6 Å². The number of hydrogen-bond donors (Lipinski definition) is 1. The molecule has 1 saturated heterocycles. The molecule has 4 rings (SSSR count). The van der Waals surface area contributed by atoms with Gasteiger partial charge in [-0.1, -0.05) is 0 Å². The molecular weight excluding hydrogens is 346 g/mol. The predicted octanol–water partition coefficient (Wildman–Crippen LogP) is 2.81. The number of oxazole rings is 1. The Kier molecular flexibility index (Phi) is 4.47. The minimum Gasteiger partial charge on any atom is -0.497 e. The highest BCUT2D eigenvalue weighted by Gasteiger charge is 2.28. The zero-order valence-corrected chi connectivity index (χ0v) is 15.7. The monoisotopic (exact) mass is 369 g/mol. The van der Waals surface area contributed by atoms with Crippen LogP contribution in [-0.2, 0) is 6.54 Å². The van der Waals surface area contributed by atoms with Crippen LogP contribution in [0.25, 0.3) is 11.1 Å². The number of methoxy groups -OCH3 is 1. The number of urea groups is 1. The van der Waals surface area contributed by atoms with Crippen LogP contribution in [0, 0.1) is 13.8 Å². The van der Waals surface area contributed by atoms with Crippen molar-refractivity contribution >= 4 is 17.1 Å². The summed E-state index contributed by atoms with van der Waals surface area (Å²) in [6, 6.07) is 7.61. The van der Waals surface area contributed by atoms with Crippen LogP contribution in [0.15, 0.2) is 28.7 Å². The summed E-state index contributed by atoms with van der Waals surface area (Å²) >= 11 is 0. The normalized spacial score (nSPS) is 16.9. The van der Waals surface area contributed by atoms with Crippen molar-refractivity contribution in [2.75, 3.05) is 20.2 Å². The molecule has 3 heterocycles. The van der Waals surface area contributed by atoms with Crippen molar-refractivity contribution in [2.45, 2.75) is 32.9 Å². The number of aromatic nitrogens is 3. The van der Waals surface area contributed by atoms with Crippen LogP contribution in [0.1, 0.15) is 29.7 Å². The van der Waals surface area contributed by atoms with Gasteiger partial charge in [0.1, 0.15) is 11.3 Å². The Balaban J connectivity index is 1.36. The van der Waals surface area contributed by atoms with Crippen molar-refractivity contribution in [3.8, 4) is 5.75 Å². The molecule has 0 bridgehead atoms. The van der Waals surface area contributed by atoms with Crippen molar-refractivity contribution in [3.05, 3.63) is 41.5 Å². The van der Waals surface area contributed by atoms with E-state index in [1.165, 1.54) is 0 Å². The lowest BCUT2D eigenvalue weighted by Crippen LogP contribution is -2.38. The van der Waals surface area contributed by atoms with Crippen LogP contribution in [0.3, 0.4) is 0 Å². The van der Waals surface area contributed by atoms with Gasteiger partial charge in [0.2, 0.25) is 5.89 Å². The highest BCUT2D eigenvalue weighted by molar-refractivity contribution is 5.75. The van der Waals surface area contributed by atoms with Gasteiger partial charge in [-0.05, 0) is 38.5 Å². The minimum absolute atomic E-state index is 0.112. The summed E-state index contributed by atoms with van der Waals surface area (Å²) in [6.45, 7) is 5.64. The maximum Gasteiger partial charge on any atom is 0.317 e. The quantitative estimate of drug-likeness (QED) is 0.764. The molecular formula is C19H23N5O3. The zero-order valence-electron chi connectivity index (χ0n) is 15.7. The fourth-order valence-corrected chi connectivity index (χ4v) is 3.56. The van der Waals surface area contributed by atoms with Crippen molar-refractivity contribution < 1.29 is 13.9 Å². The molecule has 2 aromatic heterocycles. The van der Waals surface area contributed by atoms with E-state index in [1.807, 2.05) is 41.6 Å². The number of benzene rings is 1. The van der Waals surface area contributed by atoms with E-state index in [2.05, 4.69) is 21.5 Å². The molecule has 8 heteroatoms. The SMILES string of the molecule is COc1ccc2oc(CNC(=O)N3CCC(n4nc(C)cc4C)C3)nc2c1. The second kappa shape index (κ2) is 6.94. The summed E-state index contributed by atoms with van der Waals surface area (Å²) in [5.74, 6) is 1.19. The van der Waals surface area contributed by atoms with Gasteiger partial charge >= 0.3 is 6.03 Å². The van der Waals surface area contributed by atoms with E-state index >= 15 is 0 Å². The van der Waals surface area contributed by atoms with Crippen molar-refractivity contribution in [1.82, 2.24) is 25.0 Å². The first-order valence-corrected chi connectivity index (χ1v) is 9.02. The number of carbonyl (C=O) groups is 1. The van der Waals surface area contributed by atoms with Gasteiger partial charge in [-0.3, -0.25) is 4.68 Å². The Bertz CT molecular complexity index is 977. The van der Waals surface area contributed by atoms with Crippen LogP contribution in [0.2, 0.25) is 0 Å². The van der Waals surface area contributed by atoms with Gasteiger partial charge in [-0.2, -0.15) is 5.10 Å². The molecule has 8 nitrogen and oxygen atoms in total. The summed E-state index contributed by atoms with van der Waals surface area (Å²) in [7, 11) is 1.61. The smallest absolute Gasteiger partial charge is 0.317 e. The molecule has 3 aromatic rings. The molecule has 1 N–H and O–H groups in total. The summed E-state index contributed by atoms with van der Waals surface area (Å²) in [4.78, 5) is 18.7. The molecule has 27 heavy (non-hydrogen) atoms. The second-order valence-electron chi connectivity index (χ2n) is 6.86. The predicted molar refractivity (Wildman–Crippen MR) is 99.7 cm³/mol. The number of nitrogens with zero attached hydrogens (tertiary/aromatic N) is 4. The lowest BCUT2D eigenvalue weighted by atomic mass is 10.2. The largest absolute Gasteiger partial charge is 0.497 e. The molecule has 1 fully saturated rings. The standard InChI is InChI=1S/C19H23N5O3/c1-12-8-13(2)24(22-12)14-6-7-23(11-14)19(25)20-10-18-21-16-9-15(26-3)4-5-17(16)27-18/h4-5,8-9,14H,6-7,10-11H2,1-3H3,(H,20,25). The average Bonchev–Trinajstić information content (AvgIpc) is 3.36. The number of rotatable bonds is 4. The van der Waals surface area contributed by atoms with E-state index in [9.17, 15) is 4.79 Å². The number of carbonyl (C=O) groups excluding carboxylic acids is 1. The number of hydrogen-bond acceptors (Lipinski definition) is 5. The van der Waals surface area contributed by atoms with Crippen LogP contribution < -0.4 is 10.1 Å². The van der Waals surface area contributed by atoms with Crippen molar-refractivity contribution in [3.63, 3.8) is 0 Å².